The summed E-state index contributed by atoms with van der Waals surface area (Å²) in [7, 11) is 0. The second kappa shape index (κ2) is 6.00. The van der Waals surface area contributed by atoms with Gasteiger partial charge < -0.3 is 9.67 Å². The van der Waals surface area contributed by atoms with Crippen molar-refractivity contribution in [3.05, 3.63) is 77.5 Å². The predicted molar refractivity (Wildman–Crippen MR) is 94.8 cm³/mol. The van der Waals surface area contributed by atoms with Crippen LogP contribution in [-0.4, -0.2) is 15.6 Å². The molecule has 0 saturated heterocycles. The molecule has 1 aliphatic rings. The average Bonchev–Trinajstić information content (AvgIpc) is 3.02. The van der Waals surface area contributed by atoms with Crippen molar-refractivity contribution in [3.63, 3.8) is 0 Å². The molecule has 0 atom stereocenters. The molecule has 0 unspecified atom stereocenters. The molecular formula is C21H19NO2. The predicted octanol–water partition coefficient (Wildman–Crippen LogP) is 4.72. The van der Waals surface area contributed by atoms with Gasteiger partial charge in [-0.2, -0.15) is 0 Å². The topological polar surface area (TPSA) is 42.2 Å². The summed E-state index contributed by atoms with van der Waals surface area (Å²) < 4.78 is 2.25. The van der Waals surface area contributed by atoms with Crippen LogP contribution in [0.15, 0.2) is 60.7 Å². The van der Waals surface area contributed by atoms with Gasteiger partial charge in [0, 0.05) is 11.4 Å². The molecule has 0 fully saturated rings. The molecule has 0 spiro atoms. The summed E-state index contributed by atoms with van der Waals surface area (Å²) in [5.41, 5.74) is 6.27. The van der Waals surface area contributed by atoms with Crippen LogP contribution in [0.5, 0.6) is 0 Å². The molecule has 0 radical (unpaired) electrons. The number of carboxylic acids is 1. The molecule has 0 saturated carbocycles. The number of benzene rings is 2. The zero-order valence-electron chi connectivity index (χ0n) is 13.4. The van der Waals surface area contributed by atoms with Crippen LogP contribution >= 0.6 is 0 Å². The zero-order valence-corrected chi connectivity index (χ0v) is 13.4. The van der Waals surface area contributed by atoms with Gasteiger partial charge in [0.15, 0.2) is 0 Å². The van der Waals surface area contributed by atoms with Crippen LogP contribution in [0.2, 0.25) is 0 Å². The Morgan fingerprint density at radius 1 is 0.917 bits per heavy atom. The molecule has 0 aliphatic heterocycles. The van der Waals surface area contributed by atoms with Gasteiger partial charge in [0.05, 0.1) is 11.3 Å². The maximum absolute atomic E-state index is 11.4. The minimum atomic E-state index is -0.890. The summed E-state index contributed by atoms with van der Waals surface area (Å²) in [6.07, 6.45) is 4.55. The van der Waals surface area contributed by atoms with Gasteiger partial charge >= 0.3 is 5.97 Å². The summed E-state index contributed by atoms with van der Waals surface area (Å²) >= 11 is 0. The summed E-state index contributed by atoms with van der Waals surface area (Å²) in [5.74, 6) is -0.890. The van der Waals surface area contributed by atoms with Crippen LogP contribution in [0.1, 0.15) is 34.5 Å². The lowest BCUT2D eigenvalue weighted by molar-refractivity contribution is 0.0697. The molecule has 1 heterocycles. The summed E-state index contributed by atoms with van der Waals surface area (Å²) in [6.45, 7) is 0. The Hall–Kier alpha value is -2.81. The second-order valence-electron chi connectivity index (χ2n) is 6.27. The monoisotopic (exact) mass is 317 g/mol. The number of fused-ring (bicyclic) bond motifs is 1. The molecular weight excluding hydrogens is 298 g/mol. The highest BCUT2D eigenvalue weighted by Crippen LogP contribution is 2.34. The number of carbonyl (C=O) groups is 1. The van der Waals surface area contributed by atoms with E-state index < -0.39 is 5.97 Å². The molecule has 1 aromatic heterocycles. The molecule has 3 heteroatoms. The van der Waals surface area contributed by atoms with Gasteiger partial charge in [-0.3, -0.25) is 0 Å². The highest BCUT2D eigenvalue weighted by molar-refractivity contribution is 5.88. The van der Waals surface area contributed by atoms with Gasteiger partial charge in [-0.05, 0) is 61.1 Å². The Labute approximate surface area is 141 Å². The number of aromatic nitrogens is 1. The number of hydrogen-bond acceptors (Lipinski definition) is 1. The van der Waals surface area contributed by atoms with Crippen molar-refractivity contribution in [2.45, 2.75) is 25.7 Å². The van der Waals surface area contributed by atoms with Crippen LogP contribution in [-0.2, 0) is 12.8 Å². The van der Waals surface area contributed by atoms with E-state index >= 15 is 0 Å². The van der Waals surface area contributed by atoms with Crippen molar-refractivity contribution < 1.29 is 9.90 Å². The average molecular weight is 317 g/mol. The lowest BCUT2D eigenvalue weighted by Crippen LogP contribution is -2.08. The Morgan fingerprint density at radius 3 is 2.50 bits per heavy atom. The molecule has 2 aromatic carbocycles. The Morgan fingerprint density at radius 2 is 1.71 bits per heavy atom. The van der Waals surface area contributed by atoms with Crippen LogP contribution in [0.3, 0.4) is 0 Å². The normalized spacial score (nSPS) is 13.5. The van der Waals surface area contributed by atoms with Crippen molar-refractivity contribution in [1.82, 2.24) is 4.57 Å². The second-order valence-corrected chi connectivity index (χ2v) is 6.27. The van der Waals surface area contributed by atoms with E-state index in [1.54, 1.807) is 12.1 Å². The number of aromatic carboxylic acids is 1. The molecule has 0 bridgehead atoms. The number of nitrogens with zero attached hydrogens (tertiary/aromatic N) is 1. The van der Waals surface area contributed by atoms with Gasteiger partial charge in [-0.1, -0.05) is 36.4 Å². The standard InChI is InChI=1S/C21H19NO2/c23-21(24)17-10-6-11-18(13-17)22-19-12-5-4-9-16(19)14-20(22)15-7-2-1-3-8-15/h1-3,6-8,10-11,13-14H,4-5,9,12H2,(H,23,24). The van der Waals surface area contributed by atoms with Crippen molar-refractivity contribution in [2.24, 2.45) is 0 Å². The summed E-state index contributed by atoms with van der Waals surface area (Å²) in [6, 6.07) is 19.8. The SMILES string of the molecule is O=C(O)c1cccc(-n2c(-c3ccccc3)cc3c2CCCC3)c1. The highest BCUT2D eigenvalue weighted by atomic mass is 16.4. The largest absolute Gasteiger partial charge is 0.478 e. The third-order valence-electron chi connectivity index (χ3n) is 4.72. The lowest BCUT2D eigenvalue weighted by atomic mass is 9.98. The van der Waals surface area contributed by atoms with E-state index in [1.165, 1.54) is 24.1 Å². The third kappa shape index (κ3) is 2.52. The van der Waals surface area contributed by atoms with E-state index in [0.29, 0.717) is 5.56 Å². The summed E-state index contributed by atoms with van der Waals surface area (Å²) in [5, 5.41) is 9.32. The number of hydrogen-bond donors (Lipinski definition) is 1. The highest BCUT2D eigenvalue weighted by Gasteiger charge is 2.20. The first-order valence-corrected chi connectivity index (χ1v) is 8.37. The Balaban J connectivity index is 1.95. The van der Waals surface area contributed by atoms with Crippen LogP contribution in [0, 0.1) is 0 Å². The number of aryl methyl sites for hydroxylation is 1. The van der Waals surface area contributed by atoms with Crippen LogP contribution in [0.4, 0.5) is 0 Å². The van der Waals surface area contributed by atoms with E-state index in [4.69, 9.17) is 0 Å². The number of carboxylic acid groups (broad SMARTS) is 1. The van der Waals surface area contributed by atoms with Gasteiger partial charge in [0.2, 0.25) is 0 Å². The Kier molecular flexibility index (Phi) is 3.69. The third-order valence-corrected chi connectivity index (χ3v) is 4.72. The summed E-state index contributed by atoms with van der Waals surface area (Å²) in [4.78, 5) is 11.4. The van der Waals surface area contributed by atoms with Crippen LogP contribution < -0.4 is 0 Å². The van der Waals surface area contributed by atoms with Gasteiger partial charge in [-0.25, -0.2) is 4.79 Å². The fraction of sp³-hybridized carbons (Fsp3) is 0.190. The van der Waals surface area contributed by atoms with E-state index in [-0.39, 0.29) is 0 Å². The fourth-order valence-corrected chi connectivity index (χ4v) is 3.59. The maximum Gasteiger partial charge on any atom is 0.335 e. The maximum atomic E-state index is 11.4. The van der Waals surface area contributed by atoms with Gasteiger partial charge in [-0.15, -0.1) is 0 Å². The van der Waals surface area contributed by atoms with Crippen molar-refractivity contribution in [1.29, 1.82) is 0 Å². The van der Waals surface area contributed by atoms with Gasteiger partial charge in [0.25, 0.3) is 0 Å². The molecule has 4 rings (SSSR count). The van der Waals surface area contributed by atoms with E-state index in [0.717, 1.165) is 29.8 Å². The quantitative estimate of drug-likeness (QED) is 0.759. The van der Waals surface area contributed by atoms with E-state index in [9.17, 15) is 9.90 Å². The van der Waals surface area contributed by atoms with E-state index in [2.05, 4.69) is 22.8 Å². The van der Waals surface area contributed by atoms with Crippen LogP contribution in [0.25, 0.3) is 16.9 Å². The molecule has 0 amide bonds. The smallest absolute Gasteiger partial charge is 0.335 e. The minimum absolute atomic E-state index is 0.324. The lowest BCUT2D eigenvalue weighted by Gasteiger charge is -2.18. The minimum Gasteiger partial charge on any atom is -0.478 e. The number of rotatable bonds is 3. The molecule has 1 N–H and O–H groups in total. The van der Waals surface area contributed by atoms with Crippen molar-refractivity contribution in [2.75, 3.05) is 0 Å². The van der Waals surface area contributed by atoms with Crippen molar-refractivity contribution >= 4 is 5.97 Å². The molecule has 3 nitrogen and oxygen atoms in total. The zero-order chi connectivity index (χ0) is 16.5. The van der Waals surface area contributed by atoms with Gasteiger partial charge in [0.1, 0.15) is 0 Å². The fourth-order valence-electron chi connectivity index (χ4n) is 3.59. The molecule has 24 heavy (non-hydrogen) atoms. The molecule has 3 aromatic rings. The van der Waals surface area contributed by atoms with Crippen molar-refractivity contribution in [3.8, 4) is 16.9 Å². The van der Waals surface area contributed by atoms with E-state index in [1.807, 2.05) is 30.3 Å². The first kappa shape index (κ1) is 14.8. The molecule has 120 valence electrons. The Bertz CT molecular complexity index is 893. The first-order valence-electron chi connectivity index (χ1n) is 8.37. The first-order chi connectivity index (χ1) is 11.7. The molecule has 1 aliphatic carbocycles.